The highest BCUT2D eigenvalue weighted by molar-refractivity contribution is 6.04. The molecule has 4 nitrogen and oxygen atoms in total. The SMILES string of the molecule is O=C(O)c1c[nH]c2cc(F)c(-c3ccc(C4(CO)CCC4)cc3)cc12. The van der Waals surface area contributed by atoms with Gasteiger partial charge in [-0.05, 0) is 36.1 Å². The second-order valence-electron chi connectivity index (χ2n) is 6.75. The Morgan fingerprint density at radius 1 is 1.20 bits per heavy atom. The van der Waals surface area contributed by atoms with E-state index in [9.17, 15) is 19.4 Å². The van der Waals surface area contributed by atoms with Gasteiger partial charge in [0.1, 0.15) is 5.82 Å². The van der Waals surface area contributed by atoms with E-state index in [1.807, 2.05) is 24.3 Å². The van der Waals surface area contributed by atoms with Crippen molar-refractivity contribution >= 4 is 16.9 Å². The molecule has 128 valence electrons. The van der Waals surface area contributed by atoms with Crippen molar-refractivity contribution in [3.63, 3.8) is 0 Å². The normalized spacial score (nSPS) is 15.9. The molecule has 0 unspecified atom stereocenters. The third kappa shape index (κ3) is 2.43. The van der Waals surface area contributed by atoms with Gasteiger partial charge in [-0.2, -0.15) is 0 Å². The van der Waals surface area contributed by atoms with E-state index in [0.29, 0.717) is 22.0 Å². The summed E-state index contributed by atoms with van der Waals surface area (Å²) in [6.07, 6.45) is 4.42. The van der Waals surface area contributed by atoms with E-state index in [4.69, 9.17) is 0 Å². The summed E-state index contributed by atoms with van der Waals surface area (Å²) in [5, 5.41) is 19.4. The number of aliphatic hydroxyl groups is 1. The van der Waals surface area contributed by atoms with Crippen LogP contribution in [0.25, 0.3) is 22.0 Å². The standard InChI is InChI=1S/C20H18FNO3/c21-17-9-18-15(16(10-22-18)19(24)25)8-14(17)12-2-4-13(5-3-12)20(11-23)6-1-7-20/h2-5,8-10,22-23H,1,6-7,11H2,(H,24,25). The molecule has 0 saturated heterocycles. The molecule has 0 aliphatic heterocycles. The van der Waals surface area contributed by atoms with Crippen molar-refractivity contribution in [3.05, 3.63) is 59.5 Å². The second-order valence-corrected chi connectivity index (χ2v) is 6.75. The minimum absolute atomic E-state index is 0.123. The van der Waals surface area contributed by atoms with E-state index in [2.05, 4.69) is 4.98 Å². The molecule has 2 aromatic carbocycles. The van der Waals surface area contributed by atoms with E-state index in [0.717, 1.165) is 24.8 Å². The van der Waals surface area contributed by atoms with Gasteiger partial charge in [-0.3, -0.25) is 0 Å². The Kier molecular flexibility index (Phi) is 3.62. The van der Waals surface area contributed by atoms with Crippen LogP contribution in [0.4, 0.5) is 4.39 Å². The maximum atomic E-state index is 14.5. The highest BCUT2D eigenvalue weighted by Gasteiger charge is 2.37. The van der Waals surface area contributed by atoms with Crippen LogP contribution in [0, 0.1) is 5.82 Å². The molecule has 4 rings (SSSR count). The number of H-pyrrole nitrogens is 1. The smallest absolute Gasteiger partial charge is 0.337 e. The number of carboxylic acid groups (broad SMARTS) is 1. The molecule has 1 aliphatic carbocycles. The lowest BCUT2D eigenvalue weighted by Crippen LogP contribution is -2.37. The number of aliphatic hydroxyl groups excluding tert-OH is 1. The molecule has 1 saturated carbocycles. The first kappa shape index (κ1) is 15.8. The van der Waals surface area contributed by atoms with Gasteiger partial charge in [-0.25, -0.2) is 9.18 Å². The molecule has 1 aliphatic rings. The van der Waals surface area contributed by atoms with Crippen LogP contribution in [0.1, 0.15) is 35.2 Å². The van der Waals surface area contributed by atoms with Crippen molar-refractivity contribution in [2.45, 2.75) is 24.7 Å². The summed E-state index contributed by atoms with van der Waals surface area (Å²) in [5.74, 6) is -1.45. The quantitative estimate of drug-likeness (QED) is 0.670. The summed E-state index contributed by atoms with van der Waals surface area (Å²) >= 11 is 0. The first-order chi connectivity index (χ1) is 12.0. The monoisotopic (exact) mass is 339 g/mol. The van der Waals surface area contributed by atoms with Crippen LogP contribution < -0.4 is 0 Å². The zero-order valence-corrected chi connectivity index (χ0v) is 13.6. The zero-order valence-electron chi connectivity index (χ0n) is 13.6. The molecule has 0 atom stereocenters. The summed E-state index contributed by atoms with van der Waals surface area (Å²) in [5.41, 5.74) is 2.56. The Bertz CT molecular complexity index is 949. The largest absolute Gasteiger partial charge is 0.478 e. The van der Waals surface area contributed by atoms with Crippen molar-refractivity contribution in [3.8, 4) is 11.1 Å². The number of hydrogen-bond donors (Lipinski definition) is 3. The number of fused-ring (bicyclic) bond motifs is 1. The Hall–Kier alpha value is -2.66. The van der Waals surface area contributed by atoms with Crippen LogP contribution >= 0.6 is 0 Å². The molecular formula is C20H18FNO3. The molecule has 5 heteroatoms. The molecule has 0 spiro atoms. The van der Waals surface area contributed by atoms with Gasteiger partial charge < -0.3 is 15.2 Å². The first-order valence-electron chi connectivity index (χ1n) is 8.30. The van der Waals surface area contributed by atoms with Crippen LogP contribution in [-0.2, 0) is 5.41 Å². The molecule has 3 aromatic rings. The highest BCUT2D eigenvalue weighted by atomic mass is 19.1. The number of nitrogens with one attached hydrogen (secondary N) is 1. The van der Waals surface area contributed by atoms with E-state index in [1.54, 1.807) is 6.07 Å². The fourth-order valence-electron chi connectivity index (χ4n) is 3.69. The highest BCUT2D eigenvalue weighted by Crippen LogP contribution is 2.43. The van der Waals surface area contributed by atoms with Crippen molar-refractivity contribution < 1.29 is 19.4 Å². The van der Waals surface area contributed by atoms with Gasteiger partial charge in [-0.15, -0.1) is 0 Å². The van der Waals surface area contributed by atoms with Crippen molar-refractivity contribution in [1.82, 2.24) is 4.98 Å². The van der Waals surface area contributed by atoms with Gasteiger partial charge in [0.25, 0.3) is 0 Å². The van der Waals surface area contributed by atoms with Gasteiger partial charge in [-0.1, -0.05) is 30.7 Å². The number of aromatic amines is 1. The maximum Gasteiger partial charge on any atom is 0.337 e. The fraction of sp³-hybridized carbons (Fsp3) is 0.250. The van der Waals surface area contributed by atoms with Crippen LogP contribution in [0.15, 0.2) is 42.6 Å². The van der Waals surface area contributed by atoms with Gasteiger partial charge in [0.05, 0.1) is 12.2 Å². The van der Waals surface area contributed by atoms with Crippen molar-refractivity contribution in [2.75, 3.05) is 6.61 Å². The average Bonchev–Trinajstić information content (AvgIpc) is 2.97. The van der Waals surface area contributed by atoms with Crippen molar-refractivity contribution in [2.24, 2.45) is 0 Å². The van der Waals surface area contributed by atoms with Crippen LogP contribution in [0.2, 0.25) is 0 Å². The number of aromatic carboxylic acids is 1. The molecule has 0 bridgehead atoms. The molecule has 0 radical (unpaired) electrons. The maximum absolute atomic E-state index is 14.5. The van der Waals surface area contributed by atoms with E-state index >= 15 is 0 Å². The topological polar surface area (TPSA) is 73.3 Å². The number of carbonyl (C=O) groups is 1. The molecular weight excluding hydrogens is 321 g/mol. The van der Waals surface area contributed by atoms with Gasteiger partial charge in [0.15, 0.2) is 0 Å². The summed E-state index contributed by atoms with van der Waals surface area (Å²) < 4.78 is 14.5. The van der Waals surface area contributed by atoms with Crippen LogP contribution in [-0.4, -0.2) is 27.8 Å². The van der Waals surface area contributed by atoms with Gasteiger partial charge in [0.2, 0.25) is 0 Å². The van der Waals surface area contributed by atoms with E-state index < -0.39 is 11.8 Å². The van der Waals surface area contributed by atoms with E-state index in [-0.39, 0.29) is 17.6 Å². The molecule has 1 aromatic heterocycles. The number of halogens is 1. The van der Waals surface area contributed by atoms with Crippen LogP contribution in [0.5, 0.6) is 0 Å². The molecule has 1 fully saturated rings. The zero-order chi connectivity index (χ0) is 17.6. The average molecular weight is 339 g/mol. The third-order valence-corrected chi connectivity index (χ3v) is 5.42. The molecule has 0 amide bonds. The predicted octanol–water partition coefficient (Wildman–Crippen LogP) is 4.09. The third-order valence-electron chi connectivity index (χ3n) is 5.42. The lowest BCUT2D eigenvalue weighted by atomic mass is 9.65. The minimum Gasteiger partial charge on any atom is -0.478 e. The van der Waals surface area contributed by atoms with Crippen LogP contribution in [0.3, 0.4) is 0 Å². The predicted molar refractivity (Wildman–Crippen MR) is 93.3 cm³/mol. The number of rotatable bonds is 4. The molecule has 1 heterocycles. The molecule has 3 N–H and O–H groups in total. The number of benzene rings is 2. The Morgan fingerprint density at radius 3 is 2.48 bits per heavy atom. The molecule has 25 heavy (non-hydrogen) atoms. The summed E-state index contributed by atoms with van der Waals surface area (Å²) in [6, 6.07) is 10.4. The fourth-order valence-corrected chi connectivity index (χ4v) is 3.69. The summed E-state index contributed by atoms with van der Waals surface area (Å²) in [7, 11) is 0. The van der Waals surface area contributed by atoms with Crippen molar-refractivity contribution in [1.29, 1.82) is 0 Å². The lowest BCUT2D eigenvalue weighted by molar-refractivity contribution is 0.0699. The second kappa shape index (κ2) is 5.70. The summed E-state index contributed by atoms with van der Waals surface area (Å²) in [4.78, 5) is 14.1. The Balaban J connectivity index is 1.77. The Labute approximate surface area is 143 Å². The number of carboxylic acids is 1. The van der Waals surface area contributed by atoms with E-state index in [1.165, 1.54) is 12.3 Å². The van der Waals surface area contributed by atoms with Gasteiger partial charge >= 0.3 is 5.97 Å². The van der Waals surface area contributed by atoms with Gasteiger partial charge in [0, 0.05) is 28.1 Å². The number of hydrogen-bond acceptors (Lipinski definition) is 2. The Morgan fingerprint density at radius 2 is 1.92 bits per heavy atom. The summed E-state index contributed by atoms with van der Waals surface area (Å²) in [6.45, 7) is 0.123. The lowest BCUT2D eigenvalue weighted by Gasteiger charge is -2.41. The number of aromatic nitrogens is 1. The minimum atomic E-state index is -1.05. The first-order valence-corrected chi connectivity index (χ1v) is 8.30.